The van der Waals surface area contributed by atoms with Gasteiger partial charge in [-0.15, -0.1) is 0 Å². The van der Waals surface area contributed by atoms with Crippen molar-refractivity contribution in [3.8, 4) is 0 Å². The summed E-state index contributed by atoms with van der Waals surface area (Å²) in [5.74, 6) is -1.77. The largest absolute Gasteiger partial charge is 0.380 e. The maximum atomic E-state index is 13.5. The number of benzene rings is 1. The second kappa shape index (κ2) is 6.71. The summed E-state index contributed by atoms with van der Waals surface area (Å²) in [7, 11) is 2.42. The lowest BCUT2D eigenvalue weighted by Crippen LogP contribution is -2.31. The van der Waals surface area contributed by atoms with Crippen LogP contribution in [0.15, 0.2) is 17.0 Å². The van der Waals surface area contributed by atoms with Crippen LogP contribution in [0.3, 0.4) is 0 Å². The van der Waals surface area contributed by atoms with Gasteiger partial charge in [0.25, 0.3) is 15.0 Å². The molecule has 1 atom stereocenters. The highest BCUT2D eigenvalue weighted by Gasteiger charge is 2.20. The molecule has 0 bridgehead atoms. The van der Waals surface area contributed by atoms with Crippen molar-refractivity contribution < 1.29 is 22.3 Å². The van der Waals surface area contributed by atoms with Gasteiger partial charge in [-0.2, -0.15) is 0 Å². The van der Waals surface area contributed by atoms with Crippen LogP contribution in [0.4, 0.5) is 4.39 Å². The minimum absolute atomic E-state index is 0.158. The average Bonchev–Trinajstić information content (AvgIpc) is 2.37. The number of carbonyl (C=O) groups excluding carboxylic acids is 1. The first kappa shape index (κ1) is 17.2. The van der Waals surface area contributed by atoms with Crippen LogP contribution < -0.4 is 5.32 Å². The summed E-state index contributed by atoms with van der Waals surface area (Å²) >= 11 is 5.65. The zero-order chi connectivity index (χ0) is 15.5. The van der Waals surface area contributed by atoms with Gasteiger partial charge >= 0.3 is 0 Å². The van der Waals surface area contributed by atoms with E-state index in [-0.39, 0.29) is 18.2 Å². The molecule has 5 nitrogen and oxygen atoms in total. The maximum absolute atomic E-state index is 13.5. The van der Waals surface area contributed by atoms with Gasteiger partial charge in [0.1, 0.15) is 5.82 Å². The molecule has 0 aliphatic heterocycles. The Balaban J connectivity index is 3.11. The molecule has 1 amide bonds. The molecule has 1 unspecified atom stereocenters. The van der Waals surface area contributed by atoms with Gasteiger partial charge in [0.2, 0.25) is 0 Å². The minimum atomic E-state index is -4.17. The Morgan fingerprint density at radius 1 is 1.50 bits per heavy atom. The van der Waals surface area contributed by atoms with Crippen molar-refractivity contribution in [2.75, 3.05) is 13.7 Å². The quantitative estimate of drug-likeness (QED) is 0.831. The predicted octanol–water partition coefficient (Wildman–Crippen LogP) is 2.17. The number of hydrogen-bond donors (Lipinski definition) is 1. The standard InChI is InChI=1S/C11H12Cl2FNO4S/c1-6(19-2)5-15-11(16)8-3-7(20(13,17)18)4-9(14)10(8)12/h3-4,6H,5H2,1-2H3,(H,15,16). The van der Waals surface area contributed by atoms with Crippen molar-refractivity contribution >= 4 is 37.2 Å². The highest BCUT2D eigenvalue weighted by Crippen LogP contribution is 2.26. The zero-order valence-corrected chi connectivity index (χ0v) is 12.9. The van der Waals surface area contributed by atoms with Gasteiger partial charge in [-0.05, 0) is 19.1 Å². The van der Waals surface area contributed by atoms with Crippen molar-refractivity contribution in [3.63, 3.8) is 0 Å². The fourth-order valence-corrected chi connectivity index (χ4v) is 2.25. The normalized spacial score (nSPS) is 13.1. The van der Waals surface area contributed by atoms with Crippen molar-refractivity contribution in [1.29, 1.82) is 0 Å². The lowest BCUT2D eigenvalue weighted by molar-refractivity contribution is 0.0870. The van der Waals surface area contributed by atoms with Crippen LogP contribution in [0, 0.1) is 5.82 Å². The fraction of sp³-hybridized carbons (Fsp3) is 0.364. The Bertz CT molecular complexity index is 621. The van der Waals surface area contributed by atoms with Crippen molar-refractivity contribution in [1.82, 2.24) is 5.32 Å². The number of methoxy groups -OCH3 is 1. The molecule has 0 aliphatic carbocycles. The molecule has 9 heteroatoms. The number of hydrogen-bond acceptors (Lipinski definition) is 4. The summed E-state index contributed by atoms with van der Waals surface area (Å²) in [6.45, 7) is 1.87. The first-order chi connectivity index (χ1) is 9.16. The van der Waals surface area contributed by atoms with E-state index in [1.54, 1.807) is 6.92 Å². The van der Waals surface area contributed by atoms with Gasteiger partial charge in [-0.3, -0.25) is 4.79 Å². The molecular weight excluding hydrogens is 332 g/mol. The third kappa shape index (κ3) is 4.31. The number of halogens is 3. The monoisotopic (exact) mass is 343 g/mol. The van der Waals surface area contributed by atoms with Gasteiger partial charge in [0.05, 0.1) is 21.6 Å². The van der Waals surface area contributed by atoms with Gasteiger partial charge in [0, 0.05) is 24.3 Å². The maximum Gasteiger partial charge on any atom is 0.261 e. The SMILES string of the molecule is COC(C)CNC(=O)c1cc(S(=O)(=O)Cl)cc(F)c1Cl. The third-order valence-electron chi connectivity index (χ3n) is 2.48. The highest BCUT2D eigenvalue weighted by molar-refractivity contribution is 8.13. The molecule has 0 saturated carbocycles. The van der Waals surface area contributed by atoms with Crippen LogP contribution in [-0.4, -0.2) is 34.1 Å². The Morgan fingerprint density at radius 2 is 2.10 bits per heavy atom. The number of ether oxygens (including phenoxy) is 1. The smallest absolute Gasteiger partial charge is 0.261 e. The second-order valence-corrected chi connectivity index (χ2v) is 6.90. The molecule has 1 rings (SSSR count). The van der Waals surface area contributed by atoms with E-state index in [1.165, 1.54) is 7.11 Å². The molecule has 1 aromatic carbocycles. The number of rotatable bonds is 5. The second-order valence-electron chi connectivity index (χ2n) is 3.96. The van der Waals surface area contributed by atoms with E-state index in [0.717, 1.165) is 6.07 Å². The van der Waals surface area contributed by atoms with E-state index in [9.17, 15) is 17.6 Å². The van der Waals surface area contributed by atoms with Crippen molar-refractivity contribution in [2.45, 2.75) is 17.9 Å². The van der Waals surface area contributed by atoms with Gasteiger partial charge in [-0.1, -0.05) is 11.6 Å². The molecule has 1 N–H and O–H groups in total. The number of carbonyl (C=O) groups is 1. The Labute approximate surface area is 125 Å². The van der Waals surface area contributed by atoms with Crippen LogP contribution in [0.1, 0.15) is 17.3 Å². The number of amides is 1. The third-order valence-corrected chi connectivity index (χ3v) is 4.20. The molecule has 0 radical (unpaired) electrons. The minimum Gasteiger partial charge on any atom is -0.380 e. The van der Waals surface area contributed by atoms with Crippen LogP contribution in [-0.2, 0) is 13.8 Å². The summed E-state index contributed by atoms with van der Waals surface area (Å²) < 4.78 is 40.8. The van der Waals surface area contributed by atoms with Gasteiger partial charge in [-0.25, -0.2) is 12.8 Å². The van der Waals surface area contributed by atoms with Gasteiger partial charge in [0.15, 0.2) is 0 Å². The summed E-state index contributed by atoms with van der Waals surface area (Å²) in [6.07, 6.45) is -0.262. The lowest BCUT2D eigenvalue weighted by atomic mass is 10.2. The molecule has 112 valence electrons. The van der Waals surface area contributed by atoms with Crippen LogP contribution in [0.5, 0.6) is 0 Å². The first-order valence-electron chi connectivity index (χ1n) is 5.41. The predicted molar refractivity (Wildman–Crippen MR) is 73.3 cm³/mol. The van der Waals surface area contributed by atoms with Crippen LogP contribution in [0.25, 0.3) is 0 Å². The van der Waals surface area contributed by atoms with E-state index in [4.69, 9.17) is 27.0 Å². The number of nitrogens with one attached hydrogen (secondary N) is 1. The molecule has 0 aromatic heterocycles. The molecular formula is C11H12Cl2FNO4S. The van der Waals surface area contributed by atoms with E-state index >= 15 is 0 Å². The molecule has 0 aliphatic rings. The summed E-state index contributed by atoms with van der Waals surface area (Å²) in [5.41, 5.74) is -0.311. The molecule has 1 aromatic rings. The Hall–Kier alpha value is -0.890. The summed E-state index contributed by atoms with van der Waals surface area (Å²) in [5, 5.41) is 1.97. The lowest BCUT2D eigenvalue weighted by Gasteiger charge is -2.12. The van der Waals surface area contributed by atoms with Crippen molar-refractivity contribution in [3.05, 3.63) is 28.5 Å². The topological polar surface area (TPSA) is 72.5 Å². The first-order valence-corrected chi connectivity index (χ1v) is 8.10. The van der Waals surface area contributed by atoms with Crippen LogP contribution in [0.2, 0.25) is 5.02 Å². The van der Waals surface area contributed by atoms with E-state index in [0.29, 0.717) is 6.07 Å². The Kier molecular flexibility index (Phi) is 5.76. The van der Waals surface area contributed by atoms with Gasteiger partial charge < -0.3 is 10.1 Å². The average molecular weight is 344 g/mol. The van der Waals surface area contributed by atoms with E-state index in [2.05, 4.69) is 5.32 Å². The summed E-state index contributed by atoms with van der Waals surface area (Å²) in [4.78, 5) is 11.3. The molecule has 0 saturated heterocycles. The molecule has 0 fully saturated rings. The zero-order valence-electron chi connectivity index (χ0n) is 10.6. The van der Waals surface area contributed by atoms with E-state index < -0.39 is 30.7 Å². The Morgan fingerprint density at radius 3 is 2.60 bits per heavy atom. The summed E-state index contributed by atoms with van der Waals surface area (Å²) in [6, 6.07) is 1.57. The van der Waals surface area contributed by atoms with Crippen molar-refractivity contribution in [2.24, 2.45) is 0 Å². The van der Waals surface area contributed by atoms with Crippen LogP contribution >= 0.6 is 22.3 Å². The van der Waals surface area contributed by atoms with E-state index in [1.807, 2.05) is 0 Å². The fourth-order valence-electron chi connectivity index (χ4n) is 1.29. The molecule has 20 heavy (non-hydrogen) atoms. The molecule has 0 heterocycles. The highest BCUT2D eigenvalue weighted by atomic mass is 35.7. The molecule has 0 spiro atoms.